The van der Waals surface area contributed by atoms with E-state index in [1.165, 1.54) is 11.3 Å². The summed E-state index contributed by atoms with van der Waals surface area (Å²) in [4.78, 5) is 0. The highest BCUT2D eigenvalue weighted by Gasteiger charge is 1.99. The lowest BCUT2D eigenvalue weighted by atomic mass is 11.0. The maximum absolute atomic E-state index is 5.41. The maximum atomic E-state index is 5.41. The Kier molecular flexibility index (Phi) is 4.03. The van der Waals surface area contributed by atoms with Crippen LogP contribution >= 0.6 is 34.9 Å². The second-order valence-electron chi connectivity index (χ2n) is 1.75. The standard InChI is InChI=1S/C5H9N3S3/c1-9-2-3-10-5-8-7-4(6)11-5/h2-3H2,1H3,(H2,6,7). The zero-order chi connectivity index (χ0) is 8.10. The van der Waals surface area contributed by atoms with E-state index in [1.807, 2.05) is 11.8 Å². The molecule has 6 heteroatoms. The molecule has 0 unspecified atom stereocenters. The van der Waals surface area contributed by atoms with Gasteiger partial charge in [0.15, 0.2) is 4.34 Å². The molecule has 3 nitrogen and oxygen atoms in total. The molecule has 0 atom stereocenters. The number of anilines is 1. The minimum absolute atomic E-state index is 0.552. The summed E-state index contributed by atoms with van der Waals surface area (Å²) in [6.07, 6.45) is 2.09. The van der Waals surface area contributed by atoms with Gasteiger partial charge in [0.2, 0.25) is 5.13 Å². The molecule has 0 spiro atoms. The molecular formula is C5H9N3S3. The van der Waals surface area contributed by atoms with Crippen molar-refractivity contribution in [3.05, 3.63) is 0 Å². The lowest BCUT2D eigenvalue weighted by Crippen LogP contribution is -1.81. The van der Waals surface area contributed by atoms with Gasteiger partial charge in [0.25, 0.3) is 0 Å². The molecule has 0 saturated carbocycles. The van der Waals surface area contributed by atoms with Gasteiger partial charge in [-0.3, -0.25) is 0 Å². The van der Waals surface area contributed by atoms with Gasteiger partial charge in [-0.05, 0) is 6.26 Å². The first-order chi connectivity index (χ1) is 5.33. The van der Waals surface area contributed by atoms with Crippen molar-refractivity contribution in [1.82, 2.24) is 10.2 Å². The molecule has 1 rings (SSSR count). The van der Waals surface area contributed by atoms with E-state index in [9.17, 15) is 0 Å². The Hall–Kier alpha value is 0.0600. The summed E-state index contributed by atoms with van der Waals surface area (Å²) < 4.78 is 0.969. The summed E-state index contributed by atoms with van der Waals surface area (Å²) in [7, 11) is 0. The molecule has 0 radical (unpaired) electrons. The van der Waals surface area contributed by atoms with Crippen LogP contribution in [0.2, 0.25) is 0 Å². The topological polar surface area (TPSA) is 51.8 Å². The monoisotopic (exact) mass is 207 g/mol. The third kappa shape index (κ3) is 3.31. The van der Waals surface area contributed by atoms with Crippen molar-refractivity contribution in [2.24, 2.45) is 0 Å². The van der Waals surface area contributed by atoms with Gasteiger partial charge < -0.3 is 5.73 Å². The van der Waals surface area contributed by atoms with E-state index in [0.717, 1.165) is 15.8 Å². The van der Waals surface area contributed by atoms with Crippen LogP contribution in [-0.2, 0) is 0 Å². The zero-order valence-electron chi connectivity index (χ0n) is 6.11. The van der Waals surface area contributed by atoms with Gasteiger partial charge in [0, 0.05) is 11.5 Å². The van der Waals surface area contributed by atoms with E-state index in [0.29, 0.717) is 5.13 Å². The summed E-state index contributed by atoms with van der Waals surface area (Å²) in [6.45, 7) is 0. The minimum atomic E-state index is 0.552. The lowest BCUT2D eigenvalue weighted by molar-refractivity contribution is 1.02. The Balaban J connectivity index is 2.27. The van der Waals surface area contributed by atoms with Crippen LogP contribution in [-0.4, -0.2) is 28.0 Å². The molecule has 0 aromatic carbocycles. The molecule has 0 bridgehead atoms. The zero-order valence-corrected chi connectivity index (χ0v) is 8.56. The van der Waals surface area contributed by atoms with Crippen molar-refractivity contribution in [3.63, 3.8) is 0 Å². The molecule has 0 aliphatic rings. The van der Waals surface area contributed by atoms with E-state index in [4.69, 9.17) is 5.73 Å². The number of rotatable bonds is 4. The quantitative estimate of drug-likeness (QED) is 0.600. The van der Waals surface area contributed by atoms with Crippen molar-refractivity contribution < 1.29 is 0 Å². The number of hydrogen-bond acceptors (Lipinski definition) is 6. The highest BCUT2D eigenvalue weighted by Crippen LogP contribution is 2.23. The third-order valence-corrected chi connectivity index (χ3v) is 3.69. The molecule has 62 valence electrons. The molecule has 1 aromatic rings. The Morgan fingerprint density at radius 2 is 2.27 bits per heavy atom. The highest BCUT2D eigenvalue weighted by molar-refractivity contribution is 8.03. The van der Waals surface area contributed by atoms with Crippen LogP contribution in [0.5, 0.6) is 0 Å². The van der Waals surface area contributed by atoms with Crippen LogP contribution in [0.25, 0.3) is 0 Å². The van der Waals surface area contributed by atoms with Gasteiger partial charge in [-0.25, -0.2) is 0 Å². The van der Waals surface area contributed by atoms with E-state index >= 15 is 0 Å². The molecule has 0 saturated heterocycles. The van der Waals surface area contributed by atoms with Crippen molar-refractivity contribution >= 4 is 40.0 Å². The Bertz CT molecular complexity index is 212. The number of nitrogen functional groups attached to an aromatic ring is 1. The molecule has 2 N–H and O–H groups in total. The maximum Gasteiger partial charge on any atom is 0.203 e. The molecule has 1 heterocycles. The predicted molar refractivity (Wildman–Crippen MR) is 53.4 cm³/mol. The fourth-order valence-corrected chi connectivity index (χ4v) is 2.85. The first-order valence-corrected chi connectivity index (χ1v) is 6.23. The summed E-state index contributed by atoms with van der Waals surface area (Å²) >= 11 is 4.99. The van der Waals surface area contributed by atoms with Gasteiger partial charge in [-0.1, -0.05) is 23.1 Å². The molecule has 0 aliphatic heterocycles. The Morgan fingerprint density at radius 3 is 2.82 bits per heavy atom. The highest BCUT2D eigenvalue weighted by atomic mass is 32.2. The fraction of sp³-hybridized carbons (Fsp3) is 0.600. The summed E-state index contributed by atoms with van der Waals surface area (Å²) in [5.41, 5.74) is 5.41. The van der Waals surface area contributed by atoms with Gasteiger partial charge in [-0.2, -0.15) is 11.8 Å². The summed E-state index contributed by atoms with van der Waals surface area (Å²) in [6, 6.07) is 0. The van der Waals surface area contributed by atoms with Crippen molar-refractivity contribution in [2.75, 3.05) is 23.5 Å². The van der Waals surface area contributed by atoms with E-state index in [-0.39, 0.29) is 0 Å². The Labute approximate surface area is 78.2 Å². The van der Waals surface area contributed by atoms with Crippen LogP contribution in [0.3, 0.4) is 0 Å². The summed E-state index contributed by atoms with van der Waals surface area (Å²) in [5.74, 6) is 2.22. The largest absolute Gasteiger partial charge is 0.374 e. The number of nitrogens with zero attached hydrogens (tertiary/aromatic N) is 2. The van der Waals surface area contributed by atoms with Crippen LogP contribution in [0, 0.1) is 0 Å². The SMILES string of the molecule is CSCCSc1nnc(N)s1. The van der Waals surface area contributed by atoms with Gasteiger partial charge >= 0.3 is 0 Å². The molecule has 0 aliphatic carbocycles. The van der Waals surface area contributed by atoms with E-state index in [1.54, 1.807) is 11.8 Å². The van der Waals surface area contributed by atoms with Crippen LogP contribution in [0.15, 0.2) is 4.34 Å². The number of thioether (sulfide) groups is 2. The lowest BCUT2D eigenvalue weighted by Gasteiger charge is -1.91. The van der Waals surface area contributed by atoms with Crippen molar-refractivity contribution in [3.8, 4) is 0 Å². The minimum Gasteiger partial charge on any atom is -0.374 e. The average molecular weight is 207 g/mol. The van der Waals surface area contributed by atoms with Crippen LogP contribution < -0.4 is 5.73 Å². The van der Waals surface area contributed by atoms with Gasteiger partial charge in [-0.15, -0.1) is 10.2 Å². The smallest absolute Gasteiger partial charge is 0.203 e. The average Bonchev–Trinajstić information content (AvgIpc) is 2.37. The molecule has 1 aromatic heterocycles. The second-order valence-corrected chi connectivity index (χ2v) is 5.08. The van der Waals surface area contributed by atoms with E-state index < -0.39 is 0 Å². The van der Waals surface area contributed by atoms with Crippen molar-refractivity contribution in [2.45, 2.75) is 4.34 Å². The van der Waals surface area contributed by atoms with Gasteiger partial charge in [0.05, 0.1) is 0 Å². The first-order valence-electron chi connectivity index (χ1n) is 3.03. The van der Waals surface area contributed by atoms with Crippen LogP contribution in [0.1, 0.15) is 0 Å². The van der Waals surface area contributed by atoms with Crippen molar-refractivity contribution in [1.29, 1.82) is 0 Å². The fourth-order valence-electron chi connectivity index (χ4n) is 0.491. The van der Waals surface area contributed by atoms with Gasteiger partial charge in [0.1, 0.15) is 0 Å². The second kappa shape index (κ2) is 4.84. The molecule has 11 heavy (non-hydrogen) atoms. The number of aromatic nitrogens is 2. The van der Waals surface area contributed by atoms with Crippen LogP contribution in [0.4, 0.5) is 5.13 Å². The molecular weight excluding hydrogens is 198 g/mol. The molecule has 0 fully saturated rings. The first kappa shape index (κ1) is 9.15. The normalized spacial score (nSPS) is 10.3. The Morgan fingerprint density at radius 1 is 1.45 bits per heavy atom. The number of nitrogens with two attached hydrogens (primary N) is 1. The van der Waals surface area contributed by atoms with E-state index in [2.05, 4.69) is 16.5 Å². The molecule has 0 amide bonds. The number of hydrogen-bond donors (Lipinski definition) is 1. The third-order valence-electron chi connectivity index (χ3n) is 0.935. The predicted octanol–water partition coefficient (Wildman–Crippen LogP) is 1.58. The summed E-state index contributed by atoms with van der Waals surface area (Å²) in [5, 5.41) is 8.15.